The zero-order chi connectivity index (χ0) is 18.4. The summed E-state index contributed by atoms with van der Waals surface area (Å²) in [6.07, 6.45) is 0.938. The molecular weight excluding hydrogens is 369 g/mol. The van der Waals surface area contributed by atoms with Crippen LogP contribution in [-0.2, 0) is 0 Å². The van der Waals surface area contributed by atoms with Crippen LogP contribution in [0.3, 0.4) is 0 Å². The van der Waals surface area contributed by atoms with Crippen molar-refractivity contribution in [1.82, 2.24) is 10.2 Å². The first-order chi connectivity index (χ1) is 12.6. The van der Waals surface area contributed by atoms with E-state index in [4.69, 9.17) is 23.2 Å². The molecule has 2 aromatic rings. The summed E-state index contributed by atoms with van der Waals surface area (Å²) in [5.74, 6) is -0.0694. The van der Waals surface area contributed by atoms with Crippen LogP contribution in [0.15, 0.2) is 48.5 Å². The molecule has 138 valence electrons. The molecule has 0 aliphatic carbocycles. The van der Waals surface area contributed by atoms with Crippen molar-refractivity contribution in [3.05, 3.63) is 64.1 Å². The molecule has 1 amide bonds. The highest BCUT2D eigenvalue weighted by atomic mass is 35.5. The Kier molecular flexibility index (Phi) is 6.78. The Morgan fingerprint density at radius 1 is 0.962 bits per heavy atom. The number of hydrogen-bond acceptors (Lipinski definition) is 3. The third kappa shape index (κ3) is 5.37. The summed E-state index contributed by atoms with van der Waals surface area (Å²) >= 11 is 11.9. The highest BCUT2D eigenvalue weighted by Crippen LogP contribution is 2.19. The van der Waals surface area contributed by atoms with Gasteiger partial charge in [-0.15, -0.1) is 0 Å². The summed E-state index contributed by atoms with van der Waals surface area (Å²) in [4.78, 5) is 16.9. The number of carbonyl (C=O) groups excluding carboxylic acids is 1. The van der Waals surface area contributed by atoms with E-state index in [0.717, 1.165) is 44.2 Å². The molecule has 0 aromatic heterocycles. The molecule has 1 aliphatic rings. The van der Waals surface area contributed by atoms with Gasteiger partial charge >= 0.3 is 0 Å². The van der Waals surface area contributed by atoms with Crippen LogP contribution in [0.2, 0.25) is 10.0 Å². The Hall–Kier alpha value is -1.75. The molecular formula is C20H23Cl2N3O. The minimum absolute atomic E-state index is 0.0694. The number of benzene rings is 2. The third-order valence-electron chi connectivity index (χ3n) is 4.59. The lowest BCUT2D eigenvalue weighted by molar-refractivity contribution is 0.0951. The first-order valence-electron chi connectivity index (χ1n) is 8.88. The molecule has 0 atom stereocenters. The topological polar surface area (TPSA) is 35.6 Å². The highest BCUT2D eigenvalue weighted by molar-refractivity contribution is 6.31. The number of nitrogens with one attached hydrogen (secondary N) is 1. The van der Waals surface area contributed by atoms with E-state index in [1.54, 1.807) is 24.3 Å². The minimum atomic E-state index is -0.0694. The van der Waals surface area contributed by atoms with Gasteiger partial charge in [-0.3, -0.25) is 9.69 Å². The fourth-order valence-corrected chi connectivity index (χ4v) is 3.43. The molecule has 1 aliphatic heterocycles. The van der Waals surface area contributed by atoms with Gasteiger partial charge in [0.15, 0.2) is 0 Å². The quantitative estimate of drug-likeness (QED) is 0.757. The van der Waals surface area contributed by atoms with Crippen LogP contribution in [-0.4, -0.2) is 50.1 Å². The summed E-state index contributed by atoms with van der Waals surface area (Å²) < 4.78 is 0. The van der Waals surface area contributed by atoms with Crippen LogP contribution < -0.4 is 10.2 Å². The number of hydrogen-bond donors (Lipinski definition) is 1. The Morgan fingerprint density at radius 3 is 2.38 bits per heavy atom. The van der Waals surface area contributed by atoms with Crippen molar-refractivity contribution in [3.8, 4) is 0 Å². The lowest BCUT2D eigenvalue weighted by Gasteiger charge is -2.36. The maximum Gasteiger partial charge on any atom is 0.251 e. The van der Waals surface area contributed by atoms with E-state index < -0.39 is 0 Å². The van der Waals surface area contributed by atoms with Gasteiger partial charge in [-0.25, -0.2) is 0 Å². The summed E-state index contributed by atoms with van der Waals surface area (Å²) in [6.45, 7) is 5.75. The van der Waals surface area contributed by atoms with E-state index in [2.05, 4.69) is 27.2 Å². The number of anilines is 1. The largest absolute Gasteiger partial charge is 0.369 e. The molecule has 0 bridgehead atoms. The van der Waals surface area contributed by atoms with Crippen LogP contribution in [0.4, 0.5) is 5.69 Å². The first-order valence-corrected chi connectivity index (χ1v) is 9.64. The standard InChI is InChI=1S/C20H23Cl2N3O/c21-17-5-7-19(8-6-17)25-13-11-24(12-14-25)10-2-9-23-20(26)16-3-1-4-18(22)15-16/h1,3-8,15H,2,9-14H2,(H,23,26). The second-order valence-corrected chi connectivity index (χ2v) is 7.30. The van der Waals surface area contributed by atoms with E-state index in [1.165, 1.54) is 5.69 Å². The molecule has 0 saturated carbocycles. The molecule has 1 fully saturated rings. The molecule has 2 aromatic carbocycles. The Labute approximate surface area is 164 Å². The first kappa shape index (κ1) is 19.0. The number of carbonyl (C=O) groups is 1. The van der Waals surface area contributed by atoms with Gasteiger partial charge in [-0.2, -0.15) is 0 Å². The smallest absolute Gasteiger partial charge is 0.251 e. The zero-order valence-corrected chi connectivity index (χ0v) is 16.1. The van der Waals surface area contributed by atoms with Gasteiger partial charge in [0.2, 0.25) is 0 Å². The fraction of sp³-hybridized carbons (Fsp3) is 0.350. The van der Waals surface area contributed by atoms with E-state index in [1.807, 2.05) is 12.1 Å². The highest BCUT2D eigenvalue weighted by Gasteiger charge is 2.16. The summed E-state index contributed by atoms with van der Waals surface area (Å²) in [7, 11) is 0. The van der Waals surface area contributed by atoms with Gasteiger partial charge in [-0.1, -0.05) is 29.3 Å². The number of piperazine rings is 1. The van der Waals surface area contributed by atoms with Crippen LogP contribution in [0.5, 0.6) is 0 Å². The lowest BCUT2D eigenvalue weighted by Crippen LogP contribution is -2.47. The minimum Gasteiger partial charge on any atom is -0.369 e. The van der Waals surface area contributed by atoms with Crippen molar-refractivity contribution in [1.29, 1.82) is 0 Å². The van der Waals surface area contributed by atoms with Crippen molar-refractivity contribution in [2.24, 2.45) is 0 Å². The molecule has 0 unspecified atom stereocenters. The predicted molar refractivity (Wildman–Crippen MR) is 109 cm³/mol. The summed E-state index contributed by atoms with van der Waals surface area (Å²) in [6, 6.07) is 15.0. The van der Waals surface area contributed by atoms with Crippen molar-refractivity contribution in [2.75, 3.05) is 44.2 Å². The molecule has 0 radical (unpaired) electrons. The molecule has 0 spiro atoms. The SMILES string of the molecule is O=C(NCCCN1CCN(c2ccc(Cl)cc2)CC1)c1cccc(Cl)c1. The van der Waals surface area contributed by atoms with Crippen LogP contribution >= 0.6 is 23.2 Å². The number of rotatable bonds is 6. The van der Waals surface area contributed by atoms with E-state index >= 15 is 0 Å². The maximum atomic E-state index is 12.1. The summed E-state index contributed by atoms with van der Waals surface area (Å²) in [5, 5.41) is 4.31. The normalized spacial score (nSPS) is 15.1. The molecule has 6 heteroatoms. The predicted octanol–water partition coefficient (Wildman–Crippen LogP) is 3.94. The Bertz CT molecular complexity index is 728. The number of amides is 1. The third-order valence-corrected chi connectivity index (χ3v) is 5.07. The fourth-order valence-electron chi connectivity index (χ4n) is 3.12. The lowest BCUT2D eigenvalue weighted by atomic mass is 10.2. The van der Waals surface area contributed by atoms with Crippen molar-refractivity contribution >= 4 is 34.8 Å². The average molecular weight is 392 g/mol. The van der Waals surface area contributed by atoms with Gasteiger partial charge in [0.1, 0.15) is 0 Å². The van der Waals surface area contributed by atoms with Crippen molar-refractivity contribution < 1.29 is 4.79 Å². The number of nitrogens with zero attached hydrogens (tertiary/aromatic N) is 2. The summed E-state index contributed by atoms with van der Waals surface area (Å²) in [5.41, 5.74) is 1.83. The Morgan fingerprint density at radius 2 is 1.69 bits per heavy atom. The molecule has 4 nitrogen and oxygen atoms in total. The van der Waals surface area contributed by atoms with Crippen molar-refractivity contribution in [3.63, 3.8) is 0 Å². The van der Waals surface area contributed by atoms with Gasteiger partial charge in [0, 0.05) is 54.0 Å². The van der Waals surface area contributed by atoms with Gasteiger partial charge in [0.05, 0.1) is 0 Å². The molecule has 1 heterocycles. The monoisotopic (exact) mass is 391 g/mol. The van der Waals surface area contributed by atoms with E-state index in [9.17, 15) is 4.79 Å². The van der Waals surface area contributed by atoms with Crippen LogP contribution in [0.1, 0.15) is 16.8 Å². The van der Waals surface area contributed by atoms with E-state index in [0.29, 0.717) is 17.1 Å². The zero-order valence-electron chi connectivity index (χ0n) is 14.6. The molecule has 3 rings (SSSR count). The van der Waals surface area contributed by atoms with Gasteiger partial charge in [0.25, 0.3) is 5.91 Å². The molecule has 1 saturated heterocycles. The average Bonchev–Trinajstić information content (AvgIpc) is 2.66. The van der Waals surface area contributed by atoms with Crippen LogP contribution in [0.25, 0.3) is 0 Å². The number of halogens is 2. The molecule has 26 heavy (non-hydrogen) atoms. The van der Waals surface area contributed by atoms with Gasteiger partial charge < -0.3 is 10.2 Å². The van der Waals surface area contributed by atoms with Gasteiger partial charge in [-0.05, 0) is 55.4 Å². The maximum absolute atomic E-state index is 12.1. The van der Waals surface area contributed by atoms with Crippen LogP contribution in [0, 0.1) is 0 Å². The molecule has 1 N–H and O–H groups in total. The van der Waals surface area contributed by atoms with E-state index in [-0.39, 0.29) is 5.91 Å². The van der Waals surface area contributed by atoms with Crippen molar-refractivity contribution in [2.45, 2.75) is 6.42 Å². The second kappa shape index (κ2) is 9.26. The Balaban J connectivity index is 1.35. The second-order valence-electron chi connectivity index (χ2n) is 6.42.